The molecule has 19 heavy (non-hydrogen) atoms. The monoisotopic (exact) mass is 325 g/mol. The zero-order chi connectivity index (χ0) is 13.8. The summed E-state index contributed by atoms with van der Waals surface area (Å²) in [7, 11) is 0. The number of benzene rings is 1. The minimum atomic E-state index is -0.570. The second-order valence-electron chi connectivity index (χ2n) is 4.02. The van der Waals surface area contributed by atoms with Gasteiger partial charge in [-0.2, -0.15) is 0 Å². The van der Waals surface area contributed by atoms with Crippen LogP contribution in [-0.2, 0) is 0 Å². The summed E-state index contributed by atoms with van der Waals surface area (Å²) in [5.41, 5.74) is 0.594. The fourth-order valence-electron chi connectivity index (χ4n) is 1.53. The van der Waals surface area contributed by atoms with Crippen molar-refractivity contribution in [3.8, 4) is 11.5 Å². The lowest BCUT2D eigenvalue weighted by Gasteiger charge is -2.09. The lowest BCUT2D eigenvalue weighted by atomic mass is 10.2. The van der Waals surface area contributed by atoms with Gasteiger partial charge in [0.25, 0.3) is 0 Å². The highest BCUT2D eigenvalue weighted by Gasteiger charge is 2.07. The Morgan fingerprint density at radius 3 is 2.63 bits per heavy atom. The number of aliphatic hydroxyl groups is 1. The summed E-state index contributed by atoms with van der Waals surface area (Å²) in [5.74, 6) is 0.503. The maximum atomic E-state index is 13.3. The van der Waals surface area contributed by atoms with Crippen molar-refractivity contribution in [2.45, 2.75) is 19.4 Å². The van der Waals surface area contributed by atoms with Gasteiger partial charge in [0, 0.05) is 6.07 Å². The van der Waals surface area contributed by atoms with Gasteiger partial charge in [-0.25, -0.2) is 4.39 Å². The van der Waals surface area contributed by atoms with Crippen LogP contribution in [0.25, 0.3) is 0 Å². The molecule has 3 nitrogen and oxygen atoms in total. The molecule has 0 unspecified atom stereocenters. The van der Waals surface area contributed by atoms with Crippen LogP contribution in [-0.4, -0.2) is 10.1 Å². The van der Waals surface area contributed by atoms with Gasteiger partial charge >= 0.3 is 0 Å². The summed E-state index contributed by atoms with van der Waals surface area (Å²) in [5, 5.41) is 9.62. The third-order valence-corrected chi connectivity index (χ3v) is 3.26. The van der Waals surface area contributed by atoms with Crippen molar-refractivity contribution in [2.75, 3.05) is 0 Å². The summed E-state index contributed by atoms with van der Waals surface area (Å²) >= 11 is 3.08. The second kappa shape index (κ2) is 6.12. The third kappa shape index (κ3) is 3.52. The SMILES string of the molecule is CC[C@@H](O)c1ccc(Oc2ccc(Br)c(F)c2)cn1. The van der Waals surface area contributed by atoms with E-state index in [9.17, 15) is 9.50 Å². The molecule has 0 amide bonds. The molecule has 0 aliphatic carbocycles. The number of rotatable bonds is 4. The minimum absolute atomic E-state index is 0.386. The molecule has 0 spiro atoms. The standard InChI is InChI=1S/C14H13BrFNO2/c1-2-14(18)13-6-4-10(8-17-13)19-9-3-5-11(15)12(16)7-9/h3-8,14,18H,2H2,1H3/t14-/m1/s1. The average Bonchev–Trinajstić information content (AvgIpc) is 2.43. The van der Waals surface area contributed by atoms with Crippen molar-refractivity contribution < 1.29 is 14.2 Å². The van der Waals surface area contributed by atoms with E-state index in [0.717, 1.165) is 0 Å². The van der Waals surface area contributed by atoms with Gasteiger partial charge in [0.15, 0.2) is 0 Å². The van der Waals surface area contributed by atoms with E-state index < -0.39 is 6.10 Å². The lowest BCUT2D eigenvalue weighted by Crippen LogP contribution is -1.98. The first-order chi connectivity index (χ1) is 9.10. The van der Waals surface area contributed by atoms with Crippen LogP contribution in [0.5, 0.6) is 11.5 Å². The molecule has 2 aromatic rings. The molecule has 1 aromatic carbocycles. The van der Waals surface area contributed by atoms with E-state index in [4.69, 9.17) is 4.74 Å². The molecular formula is C14H13BrFNO2. The minimum Gasteiger partial charge on any atom is -0.456 e. The molecular weight excluding hydrogens is 313 g/mol. The highest BCUT2D eigenvalue weighted by atomic mass is 79.9. The Balaban J connectivity index is 2.12. The third-order valence-electron chi connectivity index (χ3n) is 2.61. The number of aliphatic hydroxyl groups excluding tert-OH is 1. The Morgan fingerprint density at radius 1 is 1.32 bits per heavy atom. The van der Waals surface area contributed by atoms with E-state index >= 15 is 0 Å². The first-order valence-electron chi connectivity index (χ1n) is 5.87. The van der Waals surface area contributed by atoms with Gasteiger partial charge in [0.05, 0.1) is 22.5 Å². The number of hydrogen-bond donors (Lipinski definition) is 1. The number of hydrogen-bond acceptors (Lipinski definition) is 3. The molecule has 1 aromatic heterocycles. The number of ether oxygens (including phenoxy) is 1. The second-order valence-corrected chi connectivity index (χ2v) is 4.88. The zero-order valence-electron chi connectivity index (χ0n) is 10.3. The van der Waals surface area contributed by atoms with Gasteiger partial charge in [-0.05, 0) is 46.6 Å². The van der Waals surface area contributed by atoms with Crippen molar-refractivity contribution in [1.82, 2.24) is 4.98 Å². The quantitative estimate of drug-likeness (QED) is 0.915. The molecule has 0 saturated carbocycles. The Morgan fingerprint density at radius 2 is 2.05 bits per heavy atom. The van der Waals surface area contributed by atoms with E-state index in [1.54, 1.807) is 24.3 Å². The van der Waals surface area contributed by atoms with E-state index in [1.165, 1.54) is 12.3 Å². The highest BCUT2D eigenvalue weighted by Crippen LogP contribution is 2.26. The van der Waals surface area contributed by atoms with Crippen molar-refractivity contribution in [2.24, 2.45) is 0 Å². The number of nitrogens with zero attached hydrogens (tertiary/aromatic N) is 1. The molecule has 1 atom stereocenters. The van der Waals surface area contributed by atoms with Crippen LogP contribution in [0, 0.1) is 5.82 Å². The summed E-state index contributed by atoms with van der Waals surface area (Å²) < 4.78 is 19.2. The largest absolute Gasteiger partial charge is 0.456 e. The maximum Gasteiger partial charge on any atom is 0.145 e. The predicted octanol–water partition coefficient (Wildman–Crippen LogP) is 4.22. The molecule has 0 aliphatic rings. The summed E-state index contributed by atoms with van der Waals surface area (Å²) in [4.78, 5) is 4.11. The van der Waals surface area contributed by atoms with Crippen LogP contribution in [0.15, 0.2) is 41.0 Å². The smallest absolute Gasteiger partial charge is 0.145 e. The van der Waals surface area contributed by atoms with E-state index in [0.29, 0.717) is 28.1 Å². The highest BCUT2D eigenvalue weighted by molar-refractivity contribution is 9.10. The molecule has 2 rings (SSSR count). The lowest BCUT2D eigenvalue weighted by molar-refractivity contribution is 0.169. The summed E-state index contributed by atoms with van der Waals surface area (Å²) in [6.45, 7) is 1.88. The molecule has 5 heteroatoms. The number of halogens is 2. The Bertz CT molecular complexity index is 560. The van der Waals surface area contributed by atoms with Crippen LogP contribution >= 0.6 is 15.9 Å². The molecule has 1 heterocycles. The molecule has 100 valence electrons. The maximum absolute atomic E-state index is 13.3. The van der Waals surface area contributed by atoms with Crippen LogP contribution < -0.4 is 4.74 Å². The molecule has 1 N–H and O–H groups in total. The van der Waals surface area contributed by atoms with Gasteiger partial charge in [-0.1, -0.05) is 6.92 Å². The van der Waals surface area contributed by atoms with E-state index in [1.807, 2.05) is 6.92 Å². The first-order valence-corrected chi connectivity index (χ1v) is 6.66. The van der Waals surface area contributed by atoms with Crippen molar-refractivity contribution >= 4 is 15.9 Å². The topological polar surface area (TPSA) is 42.4 Å². The molecule has 0 bridgehead atoms. The molecule has 0 radical (unpaired) electrons. The fourth-order valence-corrected chi connectivity index (χ4v) is 1.78. The van der Waals surface area contributed by atoms with Crippen LogP contribution in [0.1, 0.15) is 25.1 Å². The predicted molar refractivity (Wildman–Crippen MR) is 73.7 cm³/mol. The van der Waals surface area contributed by atoms with Crippen molar-refractivity contribution in [3.05, 3.63) is 52.5 Å². The van der Waals surface area contributed by atoms with Crippen molar-refractivity contribution in [1.29, 1.82) is 0 Å². The molecule has 0 fully saturated rings. The Hall–Kier alpha value is -1.46. The van der Waals surface area contributed by atoms with Crippen molar-refractivity contribution in [3.63, 3.8) is 0 Å². The van der Waals surface area contributed by atoms with Crippen LogP contribution in [0.3, 0.4) is 0 Å². The van der Waals surface area contributed by atoms with Crippen LogP contribution in [0.4, 0.5) is 4.39 Å². The van der Waals surface area contributed by atoms with Gasteiger partial charge in [0.1, 0.15) is 17.3 Å². The first kappa shape index (κ1) is 14.0. The summed E-state index contributed by atoms with van der Waals surface area (Å²) in [6.07, 6.45) is 1.54. The van der Waals surface area contributed by atoms with Gasteiger partial charge in [-0.3, -0.25) is 4.98 Å². The number of pyridine rings is 1. The fraction of sp³-hybridized carbons (Fsp3) is 0.214. The van der Waals surface area contributed by atoms with Gasteiger partial charge < -0.3 is 9.84 Å². The molecule has 0 aliphatic heterocycles. The Labute approximate surface area is 119 Å². The normalized spacial score (nSPS) is 12.2. The zero-order valence-corrected chi connectivity index (χ0v) is 11.9. The number of aromatic nitrogens is 1. The van der Waals surface area contributed by atoms with E-state index in [2.05, 4.69) is 20.9 Å². The average molecular weight is 326 g/mol. The van der Waals surface area contributed by atoms with Gasteiger partial charge in [-0.15, -0.1) is 0 Å². The van der Waals surface area contributed by atoms with Crippen LogP contribution in [0.2, 0.25) is 0 Å². The van der Waals surface area contributed by atoms with Gasteiger partial charge in [0.2, 0.25) is 0 Å². The Kier molecular flexibility index (Phi) is 4.50. The summed E-state index contributed by atoms with van der Waals surface area (Å²) in [6, 6.07) is 7.91. The molecule has 0 saturated heterocycles. The van der Waals surface area contributed by atoms with E-state index in [-0.39, 0.29) is 5.82 Å².